The molecule has 3 N–H and O–H groups in total. The molecule has 0 bridgehead atoms. The zero-order valence-corrected chi connectivity index (χ0v) is 10.5. The fourth-order valence-electron chi connectivity index (χ4n) is 1.68. The summed E-state index contributed by atoms with van der Waals surface area (Å²) in [5.74, 6) is -1.79. The van der Waals surface area contributed by atoms with Crippen LogP contribution in [0.2, 0.25) is 0 Å². The minimum atomic E-state index is -1.68. The van der Waals surface area contributed by atoms with Crippen LogP contribution in [-0.4, -0.2) is 64.6 Å². The predicted octanol–water partition coefficient (Wildman–Crippen LogP) is -1.75. The first-order chi connectivity index (χ1) is 9.44. The lowest BCUT2D eigenvalue weighted by molar-refractivity contribution is -0.292. The molecular weight excluding hydrogens is 272 g/mol. The molecule has 1 rings (SSSR count). The molecule has 0 aromatic heterocycles. The van der Waals surface area contributed by atoms with Crippen LogP contribution >= 0.6 is 0 Å². The minimum absolute atomic E-state index is 0.623. The van der Waals surface area contributed by atoms with Crippen LogP contribution in [0.4, 0.5) is 0 Å². The molecule has 0 radical (unpaired) electrons. The maximum atomic E-state index is 11.2. The van der Waals surface area contributed by atoms with E-state index in [9.17, 15) is 19.8 Å². The van der Waals surface area contributed by atoms with Crippen LogP contribution in [0.5, 0.6) is 0 Å². The molecule has 0 amide bonds. The Balaban J connectivity index is 2.95. The van der Waals surface area contributed by atoms with Crippen LogP contribution in [-0.2, 0) is 23.8 Å². The van der Waals surface area contributed by atoms with Crippen molar-refractivity contribution in [2.75, 3.05) is 6.61 Å². The van der Waals surface area contributed by atoms with Crippen LogP contribution in [0.25, 0.3) is 0 Å². The van der Waals surface area contributed by atoms with E-state index in [1.54, 1.807) is 0 Å². The summed E-state index contributed by atoms with van der Waals surface area (Å²) in [5, 5.41) is 28.7. The average Bonchev–Trinajstić information content (AvgIpc) is 2.45. The zero-order chi connectivity index (χ0) is 15.3. The van der Waals surface area contributed by atoms with E-state index in [2.05, 4.69) is 13.2 Å². The summed E-state index contributed by atoms with van der Waals surface area (Å²) >= 11 is 0. The van der Waals surface area contributed by atoms with Gasteiger partial charge in [-0.25, -0.2) is 9.59 Å². The maximum Gasteiger partial charge on any atom is 0.330 e. The molecule has 8 heteroatoms. The van der Waals surface area contributed by atoms with Gasteiger partial charge < -0.3 is 29.5 Å². The van der Waals surface area contributed by atoms with Gasteiger partial charge in [-0.3, -0.25) is 0 Å². The Morgan fingerprint density at radius 2 is 1.60 bits per heavy atom. The number of carbonyl (C=O) groups is 2. The van der Waals surface area contributed by atoms with E-state index in [1.807, 2.05) is 0 Å². The van der Waals surface area contributed by atoms with E-state index < -0.39 is 49.3 Å². The molecule has 1 aliphatic rings. The van der Waals surface area contributed by atoms with Crippen LogP contribution in [0.15, 0.2) is 25.3 Å². The molecule has 0 aromatic rings. The van der Waals surface area contributed by atoms with Crippen molar-refractivity contribution in [3.8, 4) is 0 Å². The summed E-state index contributed by atoms with van der Waals surface area (Å²) in [6.45, 7) is 5.75. The van der Waals surface area contributed by atoms with Crippen LogP contribution in [0.1, 0.15) is 0 Å². The maximum absolute atomic E-state index is 11.2. The molecule has 1 fully saturated rings. The number of aliphatic hydroxyl groups excluding tert-OH is 3. The standard InChI is InChI=1S/C12H16O8/c1-3-7(14)19-10-9(16)6(5-13)18-12(17)11(10)20-8(15)4-2/h3-4,6,9-13,16-17H,1-2,5H2/t6?,9-,10?,11?,12?/m1/s1. The highest BCUT2D eigenvalue weighted by Gasteiger charge is 2.48. The van der Waals surface area contributed by atoms with Gasteiger partial charge in [0.1, 0.15) is 12.2 Å². The molecule has 1 heterocycles. The molecule has 4 unspecified atom stereocenters. The summed E-state index contributed by atoms with van der Waals surface area (Å²) in [5.41, 5.74) is 0. The van der Waals surface area contributed by atoms with Crippen molar-refractivity contribution in [3.63, 3.8) is 0 Å². The van der Waals surface area contributed by atoms with Crippen molar-refractivity contribution >= 4 is 11.9 Å². The van der Waals surface area contributed by atoms with E-state index in [1.165, 1.54) is 0 Å². The third-order valence-corrected chi connectivity index (χ3v) is 2.65. The Bertz CT molecular complexity index is 393. The number of ether oxygens (including phenoxy) is 3. The van der Waals surface area contributed by atoms with Gasteiger partial charge in [-0.1, -0.05) is 13.2 Å². The van der Waals surface area contributed by atoms with E-state index in [-0.39, 0.29) is 0 Å². The Hall–Kier alpha value is -1.74. The molecule has 0 spiro atoms. The fraction of sp³-hybridized carbons (Fsp3) is 0.500. The Morgan fingerprint density at radius 3 is 2.05 bits per heavy atom. The summed E-state index contributed by atoms with van der Waals surface area (Å²) < 4.78 is 14.5. The Kier molecular flexibility index (Phi) is 5.83. The number of esters is 2. The largest absolute Gasteiger partial charge is 0.452 e. The lowest BCUT2D eigenvalue weighted by atomic mass is 9.99. The Morgan fingerprint density at radius 1 is 1.10 bits per heavy atom. The molecule has 1 saturated heterocycles. The van der Waals surface area contributed by atoms with Gasteiger partial charge in [-0.05, 0) is 0 Å². The molecule has 20 heavy (non-hydrogen) atoms. The van der Waals surface area contributed by atoms with Crippen molar-refractivity contribution in [1.82, 2.24) is 0 Å². The van der Waals surface area contributed by atoms with Gasteiger partial charge in [0.2, 0.25) is 0 Å². The van der Waals surface area contributed by atoms with Crippen LogP contribution in [0, 0.1) is 0 Å². The minimum Gasteiger partial charge on any atom is -0.452 e. The summed E-state index contributed by atoms with van der Waals surface area (Å²) in [6, 6.07) is 0. The number of rotatable bonds is 5. The molecule has 0 aliphatic carbocycles. The first kappa shape index (κ1) is 16.3. The monoisotopic (exact) mass is 288 g/mol. The van der Waals surface area contributed by atoms with Crippen molar-refractivity contribution in [2.24, 2.45) is 0 Å². The lowest BCUT2D eigenvalue weighted by Gasteiger charge is -2.40. The smallest absolute Gasteiger partial charge is 0.330 e. The van der Waals surface area contributed by atoms with Gasteiger partial charge in [0.25, 0.3) is 0 Å². The normalized spacial score (nSPS) is 33.0. The Labute approximate surface area is 114 Å². The zero-order valence-electron chi connectivity index (χ0n) is 10.5. The quantitative estimate of drug-likeness (QED) is 0.402. The van der Waals surface area contributed by atoms with Gasteiger partial charge in [-0.15, -0.1) is 0 Å². The summed E-state index contributed by atoms with van der Waals surface area (Å²) in [4.78, 5) is 22.4. The highest BCUT2D eigenvalue weighted by molar-refractivity contribution is 5.82. The van der Waals surface area contributed by atoms with E-state index in [0.717, 1.165) is 12.2 Å². The molecule has 112 valence electrons. The number of carbonyl (C=O) groups excluding carboxylic acids is 2. The fourth-order valence-corrected chi connectivity index (χ4v) is 1.68. The summed E-state index contributed by atoms with van der Waals surface area (Å²) in [7, 11) is 0. The molecule has 0 saturated carbocycles. The second kappa shape index (κ2) is 7.15. The topological polar surface area (TPSA) is 123 Å². The average molecular weight is 288 g/mol. The van der Waals surface area contributed by atoms with Gasteiger partial charge in [-0.2, -0.15) is 0 Å². The molecule has 0 aromatic carbocycles. The first-order valence-electron chi connectivity index (χ1n) is 5.73. The third kappa shape index (κ3) is 3.64. The molecule has 1 aliphatic heterocycles. The summed E-state index contributed by atoms with van der Waals surface area (Å²) in [6.07, 6.45) is -5.55. The number of hydrogen-bond acceptors (Lipinski definition) is 8. The van der Waals surface area contributed by atoms with Crippen molar-refractivity contribution in [2.45, 2.75) is 30.7 Å². The molecule has 5 atom stereocenters. The van der Waals surface area contributed by atoms with Crippen molar-refractivity contribution in [1.29, 1.82) is 0 Å². The second-order valence-corrected chi connectivity index (χ2v) is 3.95. The second-order valence-electron chi connectivity index (χ2n) is 3.95. The highest BCUT2D eigenvalue weighted by atomic mass is 16.7. The van der Waals surface area contributed by atoms with E-state index in [4.69, 9.17) is 19.3 Å². The van der Waals surface area contributed by atoms with E-state index >= 15 is 0 Å². The molecular formula is C12H16O8. The van der Waals surface area contributed by atoms with Crippen molar-refractivity contribution < 1.29 is 39.1 Å². The third-order valence-electron chi connectivity index (χ3n) is 2.65. The SMILES string of the molecule is C=CC(=O)OC1C(O)OC(CO)[C@@H](O)C1OC(=O)C=C. The molecule has 8 nitrogen and oxygen atoms in total. The first-order valence-corrected chi connectivity index (χ1v) is 5.73. The van der Waals surface area contributed by atoms with Crippen LogP contribution in [0.3, 0.4) is 0 Å². The van der Waals surface area contributed by atoms with Crippen LogP contribution < -0.4 is 0 Å². The number of aliphatic hydroxyl groups is 3. The highest BCUT2D eigenvalue weighted by Crippen LogP contribution is 2.25. The van der Waals surface area contributed by atoms with Gasteiger partial charge >= 0.3 is 11.9 Å². The van der Waals surface area contributed by atoms with E-state index in [0.29, 0.717) is 0 Å². The number of hydrogen-bond donors (Lipinski definition) is 3. The van der Waals surface area contributed by atoms with Crippen molar-refractivity contribution in [3.05, 3.63) is 25.3 Å². The van der Waals surface area contributed by atoms with Gasteiger partial charge in [0.15, 0.2) is 18.5 Å². The predicted molar refractivity (Wildman–Crippen MR) is 64.1 cm³/mol. The van der Waals surface area contributed by atoms with Gasteiger partial charge in [0, 0.05) is 12.2 Å². The lowest BCUT2D eigenvalue weighted by Crippen LogP contribution is -2.61. The van der Waals surface area contributed by atoms with Gasteiger partial charge in [0.05, 0.1) is 6.61 Å².